The van der Waals surface area contributed by atoms with Gasteiger partial charge in [-0.3, -0.25) is 4.79 Å². The van der Waals surface area contributed by atoms with Crippen molar-refractivity contribution in [2.75, 3.05) is 13.3 Å². The van der Waals surface area contributed by atoms with E-state index in [2.05, 4.69) is 5.32 Å². The molecule has 7 nitrogen and oxygen atoms in total. The van der Waals surface area contributed by atoms with Crippen LogP contribution >= 0.6 is 22.9 Å². The molecule has 138 valence electrons. The molecule has 0 spiro atoms. The molecule has 2 rings (SSSR count). The number of ether oxygens (including phenoxy) is 3. The van der Waals surface area contributed by atoms with Gasteiger partial charge in [-0.1, -0.05) is 17.7 Å². The van der Waals surface area contributed by atoms with E-state index in [0.29, 0.717) is 22.1 Å². The SMILES string of the molecule is O=C(CCCNC(=O)OCOC(=O)c1cccs1)Oc1ccc(Cl)cc1.[Na+]. The molecule has 0 saturated carbocycles. The number of halogens is 1. The van der Waals surface area contributed by atoms with Gasteiger partial charge in [0.25, 0.3) is 0 Å². The van der Waals surface area contributed by atoms with Crippen LogP contribution in [0.25, 0.3) is 0 Å². The Labute approximate surface area is 187 Å². The van der Waals surface area contributed by atoms with Gasteiger partial charge in [0.15, 0.2) is 0 Å². The standard InChI is InChI=1S/C17H16ClNO6S.Na/c18-12-5-7-13(8-6-12)25-15(20)4-1-9-19-17(22)24-11-23-16(21)14-3-2-10-26-14;/h2-3,5-8,10H,1,4,9,11H2,(H,19,22);/q;+1. The van der Waals surface area contributed by atoms with Crippen LogP contribution in [0.2, 0.25) is 5.02 Å². The summed E-state index contributed by atoms with van der Waals surface area (Å²) in [6.45, 7) is -0.269. The van der Waals surface area contributed by atoms with Crippen LogP contribution < -0.4 is 39.6 Å². The Kier molecular flexibility index (Phi) is 11.1. The van der Waals surface area contributed by atoms with Gasteiger partial charge in [-0.25, -0.2) is 9.59 Å². The van der Waals surface area contributed by atoms with Gasteiger partial charge in [-0.15, -0.1) is 11.3 Å². The molecule has 10 heteroatoms. The van der Waals surface area contributed by atoms with Gasteiger partial charge >= 0.3 is 47.6 Å². The average molecular weight is 421 g/mol. The largest absolute Gasteiger partial charge is 1.00 e. The number of rotatable bonds is 8. The maximum atomic E-state index is 11.6. The molecule has 1 heterocycles. The fourth-order valence-electron chi connectivity index (χ4n) is 1.76. The van der Waals surface area contributed by atoms with E-state index in [1.807, 2.05) is 0 Å². The van der Waals surface area contributed by atoms with Crippen molar-refractivity contribution in [3.63, 3.8) is 0 Å². The third-order valence-corrected chi connectivity index (χ3v) is 4.08. The molecule has 0 aliphatic heterocycles. The molecule has 1 amide bonds. The third-order valence-electron chi connectivity index (χ3n) is 2.97. The number of hydrogen-bond donors (Lipinski definition) is 1. The summed E-state index contributed by atoms with van der Waals surface area (Å²) < 4.78 is 14.6. The fourth-order valence-corrected chi connectivity index (χ4v) is 2.50. The second-order valence-electron chi connectivity index (χ2n) is 4.92. The average Bonchev–Trinajstić information content (AvgIpc) is 3.15. The van der Waals surface area contributed by atoms with Crippen LogP contribution in [-0.2, 0) is 14.3 Å². The first kappa shape index (κ1) is 23.5. The van der Waals surface area contributed by atoms with Crippen molar-refractivity contribution < 1.29 is 58.2 Å². The molecule has 0 aliphatic rings. The summed E-state index contributed by atoms with van der Waals surface area (Å²) in [6, 6.07) is 9.74. The summed E-state index contributed by atoms with van der Waals surface area (Å²) in [6.07, 6.45) is -0.248. The molecular formula is C17H16ClNNaO6S+. The van der Waals surface area contributed by atoms with Gasteiger partial charge in [-0.05, 0) is 42.1 Å². The van der Waals surface area contributed by atoms with E-state index in [0.717, 1.165) is 0 Å². The number of esters is 2. The van der Waals surface area contributed by atoms with Gasteiger partial charge in [-0.2, -0.15) is 0 Å². The van der Waals surface area contributed by atoms with Crippen LogP contribution in [0.3, 0.4) is 0 Å². The maximum absolute atomic E-state index is 11.6. The summed E-state index contributed by atoms with van der Waals surface area (Å²) in [5, 5.41) is 4.73. The first-order chi connectivity index (χ1) is 12.5. The number of carbonyl (C=O) groups is 3. The quantitative estimate of drug-likeness (QED) is 0.221. The molecule has 0 bridgehead atoms. The van der Waals surface area contributed by atoms with E-state index in [9.17, 15) is 14.4 Å². The van der Waals surface area contributed by atoms with E-state index >= 15 is 0 Å². The van der Waals surface area contributed by atoms with Gasteiger partial charge in [0, 0.05) is 18.0 Å². The Morgan fingerprint density at radius 3 is 2.48 bits per heavy atom. The van der Waals surface area contributed by atoms with E-state index < -0.39 is 24.8 Å². The Morgan fingerprint density at radius 2 is 1.81 bits per heavy atom. The topological polar surface area (TPSA) is 90.9 Å². The maximum Gasteiger partial charge on any atom is 1.00 e. The van der Waals surface area contributed by atoms with Crippen LogP contribution in [0.5, 0.6) is 5.75 Å². The van der Waals surface area contributed by atoms with E-state index in [1.165, 1.54) is 11.3 Å². The van der Waals surface area contributed by atoms with Crippen molar-refractivity contribution in [1.82, 2.24) is 5.32 Å². The molecule has 1 aromatic heterocycles. The van der Waals surface area contributed by atoms with Gasteiger partial charge in [0.05, 0.1) is 0 Å². The zero-order chi connectivity index (χ0) is 18.8. The molecule has 1 aromatic carbocycles. The predicted octanol–water partition coefficient (Wildman–Crippen LogP) is 0.632. The number of hydrogen-bond acceptors (Lipinski definition) is 7. The number of alkyl carbamates (subject to hydrolysis) is 1. The van der Waals surface area contributed by atoms with Crippen molar-refractivity contribution in [1.29, 1.82) is 0 Å². The number of nitrogens with one attached hydrogen (secondary N) is 1. The van der Waals surface area contributed by atoms with Gasteiger partial charge < -0.3 is 19.5 Å². The minimum atomic E-state index is -0.741. The van der Waals surface area contributed by atoms with Gasteiger partial charge in [0.1, 0.15) is 10.6 Å². The zero-order valence-electron chi connectivity index (χ0n) is 14.6. The van der Waals surface area contributed by atoms with Crippen molar-refractivity contribution in [3.8, 4) is 5.75 Å². The first-order valence-electron chi connectivity index (χ1n) is 7.62. The monoisotopic (exact) mass is 420 g/mol. The first-order valence-corrected chi connectivity index (χ1v) is 8.88. The minimum Gasteiger partial charge on any atom is -0.427 e. The Bertz CT molecular complexity index is 738. The predicted molar refractivity (Wildman–Crippen MR) is 95.4 cm³/mol. The molecule has 0 unspecified atom stereocenters. The Hall–Kier alpha value is -1.58. The number of thiophene rings is 1. The molecule has 0 atom stereocenters. The number of amides is 1. The van der Waals surface area contributed by atoms with Crippen LogP contribution in [0.4, 0.5) is 4.79 Å². The summed E-state index contributed by atoms with van der Waals surface area (Å²) >= 11 is 6.97. The molecule has 0 fully saturated rings. The van der Waals surface area contributed by atoms with E-state index in [4.69, 9.17) is 25.8 Å². The zero-order valence-corrected chi connectivity index (χ0v) is 18.2. The molecule has 0 radical (unpaired) electrons. The van der Waals surface area contributed by atoms with Crippen molar-refractivity contribution >= 4 is 41.0 Å². The van der Waals surface area contributed by atoms with Crippen molar-refractivity contribution in [2.24, 2.45) is 0 Å². The fraction of sp³-hybridized carbons (Fsp3) is 0.235. The summed E-state index contributed by atoms with van der Waals surface area (Å²) in [4.78, 5) is 35.0. The normalized spacial score (nSPS) is 9.67. The molecule has 27 heavy (non-hydrogen) atoms. The molecule has 0 aliphatic carbocycles. The second-order valence-corrected chi connectivity index (χ2v) is 6.30. The minimum absolute atomic E-state index is 0. The summed E-state index contributed by atoms with van der Waals surface area (Å²) in [5.74, 6) is -0.579. The smallest absolute Gasteiger partial charge is 0.427 e. The van der Waals surface area contributed by atoms with Crippen molar-refractivity contribution in [3.05, 3.63) is 51.7 Å². The van der Waals surface area contributed by atoms with Crippen LogP contribution in [0.15, 0.2) is 41.8 Å². The van der Waals surface area contributed by atoms with Crippen molar-refractivity contribution in [2.45, 2.75) is 12.8 Å². The summed E-state index contributed by atoms with van der Waals surface area (Å²) in [5.41, 5.74) is 0. The number of carbonyl (C=O) groups excluding carboxylic acids is 3. The molecule has 0 saturated heterocycles. The molecule has 1 N–H and O–H groups in total. The molecule has 2 aromatic rings. The summed E-state index contributed by atoms with van der Waals surface area (Å²) in [7, 11) is 0. The number of benzene rings is 1. The Morgan fingerprint density at radius 1 is 1.07 bits per heavy atom. The van der Waals surface area contributed by atoms with Crippen LogP contribution in [-0.4, -0.2) is 31.4 Å². The second kappa shape index (κ2) is 12.7. The molecular weight excluding hydrogens is 405 g/mol. The van der Waals surface area contributed by atoms with Crippen LogP contribution in [0, 0.1) is 0 Å². The van der Waals surface area contributed by atoms with E-state index in [-0.39, 0.29) is 42.5 Å². The Balaban J connectivity index is 0.00000364. The van der Waals surface area contributed by atoms with Crippen LogP contribution in [0.1, 0.15) is 22.5 Å². The van der Waals surface area contributed by atoms with Gasteiger partial charge in [0.2, 0.25) is 6.79 Å². The third kappa shape index (κ3) is 9.25. The van der Waals surface area contributed by atoms with E-state index in [1.54, 1.807) is 41.8 Å².